The van der Waals surface area contributed by atoms with Gasteiger partial charge in [-0.25, -0.2) is 9.97 Å². The predicted octanol–water partition coefficient (Wildman–Crippen LogP) is 2.94. The first-order valence-electron chi connectivity index (χ1n) is 8.65. The average molecular weight is 308 g/mol. The van der Waals surface area contributed by atoms with Crippen LogP contribution in [0.3, 0.4) is 0 Å². The molecule has 1 fully saturated rings. The van der Waals surface area contributed by atoms with Crippen molar-refractivity contribution in [2.75, 3.05) is 24.5 Å². The summed E-state index contributed by atoms with van der Waals surface area (Å²) >= 11 is 0. The van der Waals surface area contributed by atoms with E-state index in [1.807, 2.05) is 0 Å². The monoisotopic (exact) mass is 308 g/mol. The van der Waals surface area contributed by atoms with Crippen LogP contribution in [0.1, 0.15) is 35.2 Å². The molecule has 2 aromatic rings. The molecule has 1 aromatic heterocycles. The Kier molecular flexibility index (Phi) is 4.00. The smallest absolute Gasteiger partial charge is 0.225 e. The number of aryl methyl sites for hydroxylation is 1. The fraction of sp³-hybridized carbons (Fsp3) is 0.474. The third-order valence-corrected chi connectivity index (χ3v) is 4.92. The van der Waals surface area contributed by atoms with E-state index in [2.05, 4.69) is 52.2 Å². The Hall–Kier alpha value is -1.94. The van der Waals surface area contributed by atoms with E-state index < -0.39 is 0 Å². The fourth-order valence-electron chi connectivity index (χ4n) is 3.52. The van der Waals surface area contributed by atoms with Crippen LogP contribution in [0.15, 0.2) is 30.5 Å². The molecule has 1 aromatic carbocycles. The molecule has 0 radical (unpaired) electrons. The summed E-state index contributed by atoms with van der Waals surface area (Å²) in [4.78, 5) is 14.3. The zero-order valence-electron chi connectivity index (χ0n) is 13.8. The van der Waals surface area contributed by atoms with Gasteiger partial charge in [-0.1, -0.05) is 29.8 Å². The molecule has 0 atom stereocenters. The molecule has 4 rings (SSSR count). The molecule has 4 nitrogen and oxygen atoms in total. The van der Waals surface area contributed by atoms with Gasteiger partial charge in [-0.3, -0.25) is 4.90 Å². The summed E-state index contributed by atoms with van der Waals surface area (Å²) in [5.41, 5.74) is 5.25. The number of rotatable bonds is 3. The lowest BCUT2D eigenvalue weighted by Crippen LogP contribution is -2.31. The van der Waals surface area contributed by atoms with Gasteiger partial charge in [0.05, 0.1) is 5.69 Å². The van der Waals surface area contributed by atoms with E-state index in [0.29, 0.717) is 0 Å². The first-order chi connectivity index (χ1) is 11.3. The molecule has 1 saturated heterocycles. The van der Waals surface area contributed by atoms with Crippen molar-refractivity contribution in [3.05, 3.63) is 52.8 Å². The quantitative estimate of drug-likeness (QED) is 0.872. The largest absolute Gasteiger partial charge is 0.341 e. The van der Waals surface area contributed by atoms with Crippen molar-refractivity contribution in [2.24, 2.45) is 0 Å². The van der Waals surface area contributed by atoms with Crippen LogP contribution in [0.2, 0.25) is 0 Å². The lowest BCUT2D eigenvalue weighted by molar-refractivity contribution is 0.243. The molecule has 0 bridgehead atoms. The molecule has 2 aliphatic rings. The van der Waals surface area contributed by atoms with Gasteiger partial charge in [-0.05, 0) is 25.3 Å². The second-order valence-electron chi connectivity index (χ2n) is 6.78. The van der Waals surface area contributed by atoms with Crippen molar-refractivity contribution in [1.82, 2.24) is 14.9 Å². The van der Waals surface area contributed by atoms with Gasteiger partial charge in [0, 0.05) is 50.9 Å². The summed E-state index contributed by atoms with van der Waals surface area (Å²) in [6.07, 6.45) is 5.62. The summed E-state index contributed by atoms with van der Waals surface area (Å²) in [7, 11) is 0. The number of nitrogens with zero attached hydrogens (tertiary/aromatic N) is 4. The van der Waals surface area contributed by atoms with Crippen LogP contribution in [-0.2, 0) is 19.5 Å². The van der Waals surface area contributed by atoms with Crippen LogP contribution >= 0.6 is 0 Å². The Balaban J connectivity index is 1.45. The average Bonchev–Trinajstić information content (AvgIpc) is 3.11. The molecular weight excluding hydrogens is 284 g/mol. The molecule has 2 aliphatic heterocycles. The van der Waals surface area contributed by atoms with Crippen molar-refractivity contribution in [3.63, 3.8) is 0 Å². The Bertz CT molecular complexity index is 674. The van der Waals surface area contributed by atoms with Crippen molar-refractivity contribution in [2.45, 2.75) is 39.3 Å². The van der Waals surface area contributed by atoms with Gasteiger partial charge in [0.2, 0.25) is 5.95 Å². The molecule has 3 heterocycles. The van der Waals surface area contributed by atoms with E-state index in [9.17, 15) is 0 Å². The Morgan fingerprint density at radius 3 is 2.61 bits per heavy atom. The lowest BCUT2D eigenvalue weighted by atomic mass is 10.1. The third kappa shape index (κ3) is 3.22. The molecular formula is C19H24N4. The standard InChI is InChI=1S/C19H24N4/c1-15-4-6-16(7-5-15)13-22-11-8-18-17(14-22)12-20-19(21-18)23-9-2-3-10-23/h4-7,12H,2-3,8-11,13-14H2,1H3. The van der Waals surface area contributed by atoms with Gasteiger partial charge < -0.3 is 4.90 Å². The van der Waals surface area contributed by atoms with Crippen molar-refractivity contribution in [3.8, 4) is 0 Å². The normalized spacial score (nSPS) is 18.2. The highest BCUT2D eigenvalue weighted by Crippen LogP contribution is 2.22. The minimum atomic E-state index is 0.938. The van der Waals surface area contributed by atoms with Gasteiger partial charge >= 0.3 is 0 Å². The number of hydrogen-bond donors (Lipinski definition) is 0. The maximum atomic E-state index is 4.84. The second-order valence-corrected chi connectivity index (χ2v) is 6.78. The SMILES string of the molecule is Cc1ccc(CN2CCc3nc(N4CCCC4)ncc3C2)cc1. The Labute approximate surface area is 138 Å². The first kappa shape index (κ1) is 14.6. The highest BCUT2D eigenvalue weighted by Gasteiger charge is 2.21. The van der Waals surface area contributed by atoms with E-state index in [-0.39, 0.29) is 0 Å². The van der Waals surface area contributed by atoms with E-state index >= 15 is 0 Å². The van der Waals surface area contributed by atoms with Crippen LogP contribution in [0.5, 0.6) is 0 Å². The summed E-state index contributed by atoms with van der Waals surface area (Å²) in [5, 5.41) is 0. The number of anilines is 1. The van der Waals surface area contributed by atoms with Gasteiger partial charge in [0.25, 0.3) is 0 Å². The fourth-order valence-corrected chi connectivity index (χ4v) is 3.52. The predicted molar refractivity (Wildman–Crippen MR) is 92.5 cm³/mol. The van der Waals surface area contributed by atoms with Gasteiger partial charge in [0.15, 0.2) is 0 Å². The van der Waals surface area contributed by atoms with Crippen LogP contribution in [-0.4, -0.2) is 34.5 Å². The van der Waals surface area contributed by atoms with E-state index in [4.69, 9.17) is 4.98 Å². The summed E-state index contributed by atoms with van der Waals surface area (Å²) < 4.78 is 0. The molecule has 0 aliphatic carbocycles. The zero-order valence-corrected chi connectivity index (χ0v) is 13.8. The number of benzene rings is 1. The highest BCUT2D eigenvalue weighted by atomic mass is 15.3. The van der Waals surface area contributed by atoms with E-state index in [0.717, 1.165) is 45.1 Å². The summed E-state index contributed by atoms with van der Waals surface area (Å²) in [5.74, 6) is 0.938. The van der Waals surface area contributed by atoms with Gasteiger partial charge in [-0.2, -0.15) is 0 Å². The molecule has 0 unspecified atom stereocenters. The highest BCUT2D eigenvalue weighted by molar-refractivity contribution is 5.35. The molecule has 120 valence electrons. The van der Waals surface area contributed by atoms with Crippen molar-refractivity contribution < 1.29 is 0 Å². The van der Waals surface area contributed by atoms with Gasteiger partial charge in [0.1, 0.15) is 0 Å². The number of aromatic nitrogens is 2. The second kappa shape index (κ2) is 6.28. The number of hydrogen-bond acceptors (Lipinski definition) is 4. The zero-order chi connectivity index (χ0) is 15.6. The van der Waals surface area contributed by atoms with Crippen LogP contribution in [0.4, 0.5) is 5.95 Å². The van der Waals surface area contributed by atoms with Crippen LogP contribution in [0, 0.1) is 6.92 Å². The summed E-state index contributed by atoms with van der Waals surface area (Å²) in [6, 6.07) is 8.85. The van der Waals surface area contributed by atoms with E-state index in [1.165, 1.54) is 35.2 Å². The molecule has 0 spiro atoms. The number of fused-ring (bicyclic) bond motifs is 1. The van der Waals surface area contributed by atoms with Crippen LogP contribution in [0.25, 0.3) is 0 Å². The minimum absolute atomic E-state index is 0.938. The minimum Gasteiger partial charge on any atom is -0.341 e. The molecule has 0 amide bonds. The van der Waals surface area contributed by atoms with E-state index in [1.54, 1.807) is 0 Å². The maximum Gasteiger partial charge on any atom is 0.225 e. The molecule has 23 heavy (non-hydrogen) atoms. The lowest BCUT2D eigenvalue weighted by Gasteiger charge is -2.28. The Morgan fingerprint density at radius 2 is 1.83 bits per heavy atom. The maximum absolute atomic E-state index is 4.84. The topological polar surface area (TPSA) is 32.3 Å². The molecule has 4 heteroatoms. The van der Waals surface area contributed by atoms with Gasteiger partial charge in [-0.15, -0.1) is 0 Å². The van der Waals surface area contributed by atoms with Crippen LogP contribution < -0.4 is 4.90 Å². The summed E-state index contributed by atoms with van der Waals surface area (Å²) in [6.45, 7) is 7.40. The third-order valence-electron chi connectivity index (χ3n) is 4.92. The molecule has 0 saturated carbocycles. The first-order valence-corrected chi connectivity index (χ1v) is 8.65. The van der Waals surface area contributed by atoms with Crippen molar-refractivity contribution >= 4 is 5.95 Å². The van der Waals surface area contributed by atoms with Crippen molar-refractivity contribution in [1.29, 1.82) is 0 Å². The Morgan fingerprint density at radius 1 is 1.04 bits per heavy atom. The molecule has 0 N–H and O–H groups in total.